The van der Waals surface area contributed by atoms with E-state index >= 15 is 0 Å². The topological polar surface area (TPSA) is 38.0 Å². The van der Waals surface area contributed by atoms with Crippen LogP contribution in [0.5, 0.6) is 0 Å². The molecule has 0 atom stereocenters. The average Bonchev–Trinajstić information content (AvgIpc) is 2.43. The van der Waals surface area contributed by atoms with Crippen molar-refractivity contribution in [3.8, 4) is 0 Å². The molecule has 0 unspecified atom stereocenters. The molecule has 0 amide bonds. The van der Waals surface area contributed by atoms with Gasteiger partial charge >= 0.3 is 0 Å². The number of rotatable bonds is 1. The van der Waals surface area contributed by atoms with Crippen molar-refractivity contribution in [2.24, 2.45) is 0 Å². The van der Waals surface area contributed by atoms with E-state index in [4.69, 9.17) is 5.73 Å². The molecule has 3 heteroatoms. The molecule has 4 aliphatic rings. The number of hydrogen-bond acceptors (Lipinski definition) is 2. The van der Waals surface area contributed by atoms with Crippen molar-refractivity contribution < 1.29 is 0 Å². The Labute approximate surface area is 134 Å². The van der Waals surface area contributed by atoms with Crippen LogP contribution in [-0.4, -0.2) is 7.05 Å². The normalized spacial score (nSPS) is 13.9. The van der Waals surface area contributed by atoms with Crippen LogP contribution in [0.15, 0.2) is 28.7 Å². The minimum atomic E-state index is 0.952. The van der Waals surface area contributed by atoms with Crippen LogP contribution in [0.1, 0.15) is 27.8 Å². The molecule has 2 nitrogen and oxygen atoms in total. The summed E-state index contributed by atoms with van der Waals surface area (Å²) in [5, 5.41) is 3.34. The quantitative estimate of drug-likeness (QED) is 0.758. The van der Waals surface area contributed by atoms with Crippen molar-refractivity contribution >= 4 is 27.3 Å². The fourth-order valence-corrected chi connectivity index (χ4v) is 3.97. The van der Waals surface area contributed by atoms with Gasteiger partial charge in [-0.2, -0.15) is 0 Å². The Bertz CT molecular complexity index is 669. The van der Waals surface area contributed by atoms with Crippen molar-refractivity contribution in [1.29, 1.82) is 0 Å². The summed E-state index contributed by atoms with van der Waals surface area (Å²) < 4.78 is 1.21. The van der Waals surface area contributed by atoms with Gasteiger partial charge in [-0.05, 0) is 78.6 Å². The van der Waals surface area contributed by atoms with E-state index < -0.39 is 0 Å². The van der Waals surface area contributed by atoms with Gasteiger partial charge in [-0.3, -0.25) is 0 Å². The predicted molar refractivity (Wildman–Crippen MR) is 94.1 cm³/mol. The van der Waals surface area contributed by atoms with E-state index in [-0.39, 0.29) is 0 Å². The third kappa shape index (κ3) is 2.80. The largest absolute Gasteiger partial charge is 0.398 e. The average molecular weight is 345 g/mol. The first-order chi connectivity index (χ1) is 10.1. The minimum absolute atomic E-state index is 0.952. The summed E-state index contributed by atoms with van der Waals surface area (Å²) in [6.07, 6.45) is 4.03. The summed E-state index contributed by atoms with van der Waals surface area (Å²) in [6.45, 7) is 2.18. The van der Waals surface area contributed by atoms with E-state index in [1.165, 1.54) is 38.0 Å². The highest BCUT2D eigenvalue weighted by Crippen LogP contribution is 2.31. The van der Waals surface area contributed by atoms with Gasteiger partial charge in [-0.1, -0.05) is 22.0 Å². The molecule has 0 saturated heterocycles. The van der Waals surface area contributed by atoms with E-state index in [1.54, 1.807) is 0 Å². The van der Waals surface area contributed by atoms with Crippen LogP contribution in [0.25, 0.3) is 0 Å². The van der Waals surface area contributed by atoms with Crippen LogP contribution < -0.4 is 11.1 Å². The van der Waals surface area contributed by atoms with Crippen LogP contribution in [0.2, 0.25) is 0 Å². The smallest absolute Gasteiger partial charge is 0.0384 e. The molecule has 0 saturated carbocycles. The first-order valence-corrected chi connectivity index (χ1v) is 8.24. The fourth-order valence-electron chi connectivity index (χ4n) is 3.26. The number of nitrogens with one attached hydrogen (secondary N) is 1. The number of anilines is 2. The molecule has 3 N–H and O–H groups in total. The number of aryl methyl sites for hydroxylation is 3. The molecule has 0 radical (unpaired) electrons. The maximum absolute atomic E-state index is 6.26. The molecule has 4 aliphatic carbocycles. The van der Waals surface area contributed by atoms with Crippen molar-refractivity contribution in [3.05, 3.63) is 56.6 Å². The molecule has 110 valence electrons. The van der Waals surface area contributed by atoms with Crippen LogP contribution in [-0.2, 0) is 25.7 Å². The number of halogens is 1. The van der Waals surface area contributed by atoms with E-state index in [0.29, 0.717) is 0 Å². The molecule has 0 spiro atoms. The van der Waals surface area contributed by atoms with Crippen molar-refractivity contribution in [3.63, 3.8) is 0 Å². The summed E-state index contributed by atoms with van der Waals surface area (Å²) in [5.41, 5.74) is 15.1. The summed E-state index contributed by atoms with van der Waals surface area (Å²) in [4.78, 5) is 0. The molecule has 4 bridgehead atoms. The molecule has 0 aliphatic heterocycles. The maximum atomic E-state index is 6.26. The predicted octanol–water partition coefficient (Wildman–Crippen LogP) is 4.27. The number of nitrogens with two attached hydrogens (primary N) is 1. The van der Waals surface area contributed by atoms with Gasteiger partial charge in [0.1, 0.15) is 0 Å². The molecule has 0 fully saturated rings. The Morgan fingerprint density at radius 1 is 0.952 bits per heavy atom. The summed E-state index contributed by atoms with van der Waals surface area (Å²) in [6, 6.07) is 8.99. The summed E-state index contributed by atoms with van der Waals surface area (Å²) in [7, 11) is 2.00. The van der Waals surface area contributed by atoms with Gasteiger partial charge in [0.2, 0.25) is 0 Å². The second kappa shape index (κ2) is 5.72. The molecule has 0 aromatic heterocycles. The van der Waals surface area contributed by atoms with Gasteiger partial charge in [0, 0.05) is 22.9 Å². The second-order valence-corrected chi connectivity index (χ2v) is 6.69. The van der Waals surface area contributed by atoms with Gasteiger partial charge < -0.3 is 11.1 Å². The summed E-state index contributed by atoms with van der Waals surface area (Å²) in [5.74, 6) is 0. The lowest BCUT2D eigenvalue weighted by Crippen LogP contribution is -2.06. The third-order valence-corrected chi connectivity index (χ3v) is 5.13. The highest BCUT2D eigenvalue weighted by Gasteiger charge is 2.13. The molecular formula is C18H21BrN2. The molecule has 0 heterocycles. The zero-order valence-electron chi connectivity index (χ0n) is 12.6. The number of hydrogen-bond donors (Lipinski definition) is 2. The maximum Gasteiger partial charge on any atom is 0.0384 e. The standard InChI is InChI=1S/C18H21BrN2/c1-11-7-12-4-6-15-16(19)8-13(10-18(15)21-2)3-5-14(11)17(20)9-12/h7-10,21H,3-6,20H2,1-2H3. The monoisotopic (exact) mass is 344 g/mol. The molecule has 2 aromatic rings. The van der Waals surface area contributed by atoms with Crippen LogP contribution in [0.4, 0.5) is 11.4 Å². The van der Waals surface area contributed by atoms with Crippen molar-refractivity contribution in [2.75, 3.05) is 18.1 Å². The van der Waals surface area contributed by atoms with Gasteiger partial charge in [-0.25, -0.2) is 0 Å². The fraction of sp³-hybridized carbons (Fsp3) is 0.333. The van der Waals surface area contributed by atoms with E-state index in [2.05, 4.69) is 52.4 Å². The van der Waals surface area contributed by atoms with Crippen molar-refractivity contribution in [2.45, 2.75) is 32.6 Å². The van der Waals surface area contributed by atoms with E-state index in [1.807, 2.05) is 7.05 Å². The molecule has 6 rings (SSSR count). The molecule has 21 heavy (non-hydrogen) atoms. The zero-order valence-corrected chi connectivity index (χ0v) is 14.2. The highest BCUT2D eigenvalue weighted by atomic mass is 79.9. The number of benzene rings is 2. The second-order valence-electron chi connectivity index (χ2n) is 5.83. The Morgan fingerprint density at radius 3 is 2.29 bits per heavy atom. The van der Waals surface area contributed by atoms with Crippen LogP contribution in [0, 0.1) is 6.92 Å². The third-order valence-electron chi connectivity index (χ3n) is 4.42. The SMILES string of the molecule is CNc1cc2cc(Br)c1CCc1cc(C)c(c(N)c1)CC2. The van der Waals surface area contributed by atoms with Crippen molar-refractivity contribution in [1.82, 2.24) is 0 Å². The lowest BCUT2D eigenvalue weighted by atomic mass is 9.92. The molecule has 2 aromatic carbocycles. The van der Waals surface area contributed by atoms with Gasteiger partial charge in [0.15, 0.2) is 0 Å². The molecular weight excluding hydrogens is 324 g/mol. The zero-order chi connectivity index (χ0) is 15.0. The van der Waals surface area contributed by atoms with Gasteiger partial charge in [0.25, 0.3) is 0 Å². The lowest BCUT2D eigenvalue weighted by molar-refractivity contribution is 0.911. The first-order valence-electron chi connectivity index (χ1n) is 7.45. The van der Waals surface area contributed by atoms with Gasteiger partial charge in [0.05, 0.1) is 0 Å². The van der Waals surface area contributed by atoms with Crippen LogP contribution >= 0.6 is 15.9 Å². The first kappa shape index (κ1) is 14.5. The minimum Gasteiger partial charge on any atom is -0.398 e. The van der Waals surface area contributed by atoms with Crippen LogP contribution in [0.3, 0.4) is 0 Å². The Kier molecular flexibility index (Phi) is 3.94. The number of nitrogen functional groups attached to an aromatic ring is 1. The van der Waals surface area contributed by atoms with E-state index in [0.717, 1.165) is 31.4 Å². The van der Waals surface area contributed by atoms with E-state index in [9.17, 15) is 0 Å². The Balaban J connectivity index is 2.10. The highest BCUT2D eigenvalue weighted by molar-refractivity contribution is 9.10. The van der Waals surface area contributed by atoms with Gasteiger partial charge in [-0.15, -0.1) is 0 Å². The summed E-state index contributed by atoms with van der Waals surface area (Å²) >= 11 is 3.74. The Hall–Kier alpha value is -1.48. The Morgan fingerprint density at radius 2 is 1.62 bits per heavy atom. The lowest BCUT2D eigenvalue weighted by Gasteiger charge is -2.18.